The Morgan fingerprint density at radius 1 is 1.15 bits per heavy atom. The molecule has 0 spiro atoms. The largest absolute Gasteiger partial charge is 0.321 e. The van der Waals surface area contributed by atoms with Crippen LogP contribution in [0.4, 0.5) is 5.69 Å². The molecule has 2 heterocycles. The predicted molar refractivity (Wildman–Crippen MR) is 109 cm³/mol. The second kappa shape index (κ2) is 8.04. The van der Waals surface area contributed by atoms with Crippen LogP contribution in [0.15, 0.2) is 54.6 Å². The first-order valence-corrected chi connectivity index (χ1v) is 8.76. The van der Waals surface area contributed by atoms with E-state index in [0.29, 0.717) is 16.8 Å². The Labute approximate surface area is 163 Å². The van der Waals surface area contributed by atoms with Gasteiger partial charge in [0.05, 0.1) is 0 Å². The number of amides is 1. The van der Waals surface area contributed by atoms with Crippen molar-refractivity contribution in [3.8, 4) is 0 Å². The third-order valence-corrected chi connectivity index (χ3v) is 4.91. The average Bonchev–Trinajstić information content (AvgIpc) is 3.17. The van der Waals surface area contributed by atoms with Gasteiger partial charge in [0.1, 0.15) is 10.8 Å². The van der Waals surface area contributed by atoms with Crippen molar-refractivity contribution in [1.29, 1.82) is 0 Å². The zero-order valence-corrected chi connectivity index (χ0v) is 15.6. The highest BCUT2D eigenvalue weighted by Gasteiger charge is 2.16. The molecule has 6 heteroatoms. The quantitative estimate of drug-likeness (QED) is 0.643. The third-order valence-electron chi connectivity index (χ3n) is 4.63. The minimum Gasteiger partial charge on any atom is -0.321 e. The van der Waals surface area contributed by atoms with Crippen LogP contribution in [0.25, 0.3) is 10.8 Å². The molecule has 1 aromatic heterocycles. The van der Waals surface area contributed by atoms with Crippen molar-refractivity contribution in [2.75, 3.05) is 18.4 Å². The Morgan fingerprint density at radius 2 is 1.92 bits per heavy atom. The monoisotopic (exact) mass is 387 g/mol. The van der Waals surface area contributed by atoms with Gasteiger partial charge in [-0.25, -0.2) is 4.98 Å². The second-order valence-corrected chi connectivity index (χ2v) is 6.64. The van der Waals surface area contributed by atoms with Gasteiger partial charge in [0.15, 0.2) is 0 Å². The van der Waals surface area contributed by atoms with E-state index in [4.69, 9.17) is 11.6 Å². The average molecular weight is 388 g/mol. The van der Waals surface area contributed by atoms with E-state index < -0.39 is 0 Å². The molecule has 134 valence electrons. The Hall–Kier alpha value is -2.14. The van der Waals surface area contributed by atoms with E-state index in [2.05, 4.69) is 27.8 Å². The van der Waals surface area contributed by atoms with Crippen molar-refractivity contribution in [3.05, 3.63) is 71.0 Å². The molecule has 1 atom stereocenters. The molecule has 0 saturated carbocycles. The molecule has 4 rings (SSSR count). The van der Waals surface area contributed by atoms with E-state index in [1.807, 2.05) is 36.4 Å². The molecule has 0 aliphatic carbocycles. The summed E-state index contributed by atoms with van der Waals surface area (Å²) in [5.41, 5.74) is 2.37. The lowest BCUT2D eigenvalue weighted by Crippen LogP contribution is -2.14. The van der Waals surface area contributed by atoms with Gasteiger partial charge in [-0.05, 0) is 48.0 Å². The van der Waals surface area contributed by atoms with Gasteiger partial charge in [0.2, 0.25) is 0 Å². The van der Waals surface area contributed by atoms with E-state index in [1.54, 1.807) is 6.07 Å². The summed E-state index contributed by atoms with van der Waals surface area (Å²) in [7, 11) is 0. The van der Waals surface area contributed by atoms with Gasteiger partial charge in [-0.1, -0.05) is 48.0 Å². The smallest absolute Gasteiger partial charge is 0.274 e. The van der Waals surface area contributed by atoms with Crippen LogP contribution in [0.2, 0.25) is 5.15 Å². The summed E-state index contributed by atoms with van der Waals surface area (Å²) in [5.74, 6) is 0.300. The minimum atomic E-state index is -0.261. The van der Waals surface area contributed by atoms with E-state index in [-0.39, 0.29) is 18.3 Å². The number of carbonyl (C=O) groups excluding carboxylic acids is 1. The lowest BCUT2D eigenvalue weighted by atomic mass is 9.98. The van der Waals surface area contributed by atoms with Gasteiger partial charge in [0, 0.05) is 17.6 Å². The number of nitrogens with one attached hydrogen (secondary N) is 2. The minimum absolute atomic E-state index is 0. The van der Waals surface area contributed by atoms with Crippen LogP contribution >= 0.6 is 24.0 Å². The highest BCUT2D eigenvalue weighted by atomic mass is 35.5. The first-order valence-electron chi connectivity index (χ1n) is 8.38. The summed E-state index contributed by atoms with van der Waals surface area (Å²) in [6, 6.07) is 17.4. The molecule has 1 aliphatic heterocycles. The number of anilines is 1. The summed E-state index contributed by atoms with van der Waals surface area (Å²) >= 11 is 6.21. The standard InChI is InChI=1S/C20H18ClN3O.ClH/c21-19-17-4-2-1-3-14(17)11-18(24-19)20(25)23-16-7-5-13(6-8-16)15-9-10-22-12-15;/h1-8,11,15,22H,9-10,12H2,(H,23,25);1H/t15-;/m0./s1. The number of aromatic nitrogens is 1. The fourth-order valence-corrected chi connectivity index (χ4v) is 3.51. The normalized spacial score (nSPS) is 16.3. The number of halogens is 2. The van der Waals surface area contributed by atoms with Crippen LogP contribution in [0, 0.1) is 0 Å². The summed E-state index contributed by atoms with van der Waals surface area (Å²) in [5, 5.41) is 8.34. The molecular formula is C20H19Cl2N3O. The molecule has 0 radical (unpaired) electrons. The zero-order valence-electron chi connectivity index (χ0n) is 14.0. The number of hydrogen-bond donors (Lipinski definition) is 2. The molecule has 1 aliphatic rings. The summed E-state index contributed by atoms with van der Waals surface area (Å²) in [6.45, 7) is 2.09. The third kappa shape index (κ3) is 3.83. The van der Waals surface area contributed by atoms with E-state index >= 15 is 0 Å². The Kier molecular flexibility index (Phi) is 5.77. The fraction of sp³-hybridized carbons (Fsp3) is 0.200. The molecule has 1 saturated heterocycles. The van der Waals surface area contributed by atoms with Crippen molar-refractivity contribution in [1.82, 2.24) is 10.3 Å². The lowest BCUT2D eigenvalue weighted by molar-refractivity contribution is 0.102. The maximum atomic E-state index is 12.5. The van der Waals surface area contributed by atoms with Gasteiger partial charge in [-0.15, -0.1) is 12.4 Å². The summed E-state index contributed by atoms with van der Waals surface area (Å²) in [6.07, 6.45) is 1.16. The fourth-order valence-electron chi connectivity index (χ4n) is 3.25. The summed E-state index contributed by atoms with van der Waals surface area (Å²) in [4.78, 5) is 16.7. The van der Waals surface area contributed by atoms with Crippen LogP contribution in [-0.2, 0) is 0 Å². The van der Waals surface area contributed by atoms with E-state index in [9.17, 15) is 4.79 Å². The first-order chi connectivity index (χ1) is 12.2. The van der Waals surface area contributed by atoms with E-state index in [1.165, 1.54) is 5.56 Å². The maximum absolute atomic E-state index is 12.5. The molecule has 2 aromatic carbocycles. The number of hydrogen-bond acceptors (Lipinski definition) is 3. The molecule has 1 fully saturated rings. The molecule has 0 bridgehead atoms. The SMILES string of the molecule is Cl.O=C(Nc1ccc([C@H]2CCNC2)cc1)c1cc2ccccc2c(Cl)n1. The molecule has 26 heavy (non-hydrogen) atoms. The number of carbonyl (C=O) groups is 1. The topological polar surface area (TPSA) is 54.0 Å². The highest BCUT2D eigenvalue weighted by molar-refractivity contribution is 6.34. The van der Waals surface area contributed by atoms with Crippen molar-refractivity contribution >= 4 is 46.4 Å². The predicted octanol–water partition coefficient (Wildman–Crippen LogP) is 4.64. The number of rotatable bonds is 3. The van der Waals surface area contributed by atoms with Gasteiger partial charge < -0.3 is 10.6 Å². The molecule has 1 amide bonds. The van der Waals surface area contributed by atoms with E-state index in [0.717, 1.165) is 36.0 Å². The van der Waals surface area contributed by atoms with Crippen LogP contribution in [0.1, 0.15) is 28.4 Å². The Balaban J connectivity index is 0.00000196. The van der Waals surface area contributed by atoms with Crippen molar-refractivity contribution < 1.29 is 4.79 Å². The van der Waals surface area contributed by atoms with Crippen LogP contribution < -0.4 is 10.6 Å². The van der Waals surface area contributed by atoms with Gasteiger partial charge in [-0.2, -0.15) is 0 Å². The molecule has 2 N–H and O–H groups in total. The maximum Gasteiger partial charge on any atom is 0.274 e. The number of fused-ring (bicyclic) bond motifs is 1. The summed E-state index contributed by atoms with van der Waals surface area (Å²) < 4.78 is 0. The highest BCUT2D eigenvalue weighted by Crippen LogP contribution is 2.25. The number of benzene rings is 2. The van der Waals surface area contributed by atoms with Crippen molar-refractivity contribution in [2.24, 2.45) is 0 Å². The van der Waals surface area contributed by atoms with Crippen molar-refractivity contribution in [3.63, 3.8) is 0 Å². The Bertz CT molecular complexity index is 922. The van der Waals surface area contributed by atoms with Crippen LogP contribution in [0.3, 0.4) is 0 Å². The number of pyridine rings is 1. The van der Waals surface area contributed by atoms with Gasteiger partial charge in [-0.3, -0.25) is 4.79 Å². The molecule has 4 nitrogen and oxygen atoms in total. The van der Waals surface area contributed by atoms with Crippen molar-refractivity contribution in [2.45, 2.75) is 12.3 Å². The second-order valence-electron chi connectivity index (χ2n) is 6.29. The lowest BCUT2D eigenvalue weighted by Gasteiger charge is -2.11. The zero-order chi connectivity index (χ0) is 17.2. The number of nitrogens with zero attached hydrogens (tertiary/aromatic N) is 1. The van der Waals surface area contributed by atoms with Crippen LogP contribution in [0.5, 0.6) is 0 Å². The molecule has 0 unspecified atom stereocenters. The first kappa shape index (κ1) is 18.6. The molecule has 3 aromatic rings. The van der Waals surface area contributed by atoms with Gasteiger partial charge in [0.25, 0.3) is 5.91 Å². The Morgan fingerprint density at radius 3 is 2.65 bits per heavy atom. The molecular weight excluding hydrogens is 369 g/mol. The van der Waals surface area contributed by atoms with Gasteiger partial charge >= 0.3 is 0 Å². The van der Waals surface area contributed by atoms with Crippen LogP contribution in [-0.4, -0.2) is 24.0 Å².